The van der Waals surface area contributed by atoms with Crippen molar-refractivity contribution >= 4 is 23.1 Å². The van der Waals surface area contributed by atoms with Crippen LogP contribution >= 0.6 is 0 Å². The van der Waals surface area contributed by atoms with E-state index in [-0.39, 0.29) is 40.0 Å². The Hall–Kier alpha value is 0.266. The quantitative estimate of drug-likeness (QED) is 0.404. The Morgan fingerprint density at radius 3 is 2.64 bits per heavy atom. The van der Waals surface area contributed by atoms with Crippen molar-refractivity contribution in [1.29, 1.82) is 0 Å². The Morgan fingerprint density at radius 2 is 2.07 bits per heavy atom. The van der Waals surface area contributed by atoms with Crippen LogP contribution in [0, 0.1) is 6.07 Å². The Kier molecular flexibility index (Phi) is 13.5. The van der Waals surface area contributed by atoms with Crippen LogP contribution in [0.4, 0.5) is 0 Å². The molecular weight excluding hydrogens is 252 g/mol. The van der Waals surface area contributed by atoms with Crippen LogP contribution in [0.5, 0.6) is 5.75 Å². The van der Waals surface area contributed by atoms with E-state index in [0.29, 0.717) is 0 Å². The second kappa shape index (κ2) is 11.3. The molecule has 0 amide bonds. The van der Waals surface area contributed by atoms with E-state index in [1.807, 2.05) is 24.3 Å². The fourth-order valence-corrected chi connectivity index (χ4v) is 1.00. The van der Waals surface area contributed by atoms with Gasteiger partial charge in [0.2, 0.25) is 0 Å². The van der Waals surface area contributed by atoms with Crippen molar-refractivity contribution in [2.75, 3.05) is 6.61 Å². The predicted octanol–water partition coefficient (Wildman–Crippen LogP) is -0.321. The van der Waals surface area contributed by atoms with Crippen LogP contribution in [0.3, 0.4) is 0 Å². The van der Waals surface area contributed by atoms with E-state index in [0.717, 1.165) is 18.8 Å². The summed E-state index contributed by atoms with van der Waals surface area (Å²) in [6, 6.07) is 10.7. The first-order chi connectivity index (χ1) is 5.93. The van der Waals surface area contributed by atoms with Gasteiger partial charge >= 0.3 is 23.1 Å². The second-order valence-electron chi connectivity index (χ2n) is 2.78. The van der Waals surface area contributed by atoms with Crippen LogP contribution in [-0.2, 0) is 0 Å². The first-order valence-corrected chi connectivity index (χ1v) is 4.53. The van der Waals surface area contributed by atoms with E-state index >= 15 is 0 Å². The molecule has 0 aliphatic rings. The third-order valence-corrected chi connectivity index (χ3v) is 1.69. The molecule has 1 aromatic rings. The predicted molar refractivity (Wildman–Crippen MR) is 56.1 cm³/mol. The minimum Gasteiger partial charge on any atom is -1.00 e. The molecule has 0 saturated heterocycles. The summed E-state index contributed by atoms with van der Waals surface area (Å²) < 4.78 is 5.45. The van der Waals surface area contributed by atoms with E-state index in [2.05, 4.69) is 13.0 Å². The molecule has 0 heterocycles. The van der Waals surface area contributed by atoms with Crippen LogP contribution in [-0.4, -0.2) is 29.7 Å². The monoisotopic (exact) mass is 266 g/mol. The van der Waals surface area contributed by atoms with Crippen molar-refractivity contribution in [3.8, 4) is 5.75 Å². The Bertz CT molecular complexity index is 204. The molecule has 3 heteroatoms. The summed E-state index contributed by atoms with van der Waals surface area (Å²) in [4.78, 5) is 0. The van der Waals surface area contributed by atoms with Crippen molar-refractivity contribution in [2.24, 2.45) is 0 Å². The maximum Gasteiger partial charge on any atom is 2.00 e. The summed E-state index contributed by atoms with van der Waals surface area (Å²) >= 11 is 0. The van der Waals surface area contributed by atoms with E-state index in [4.69, 9.17) is 4.74 Å². The SMILES string of the molecule is CCCCCOc1[c-]cccc1.[Br-].[Mg+2]. The largest absolute Gasteiger partial charge is 2.00 e. The van der Waals surface area contributed by atoms with Gasteiger partial charge in [0, 0.05) is 5.75 Å². The molecule has 0 unspecified atom stereocenters. The van der Waals surface area contributed by atoms with Gasteiger partial charge in [-0.25, -0.2) is 0 Å². The molecule has 0 spiro atoms. The summed E-state index contributed by atoms with van der Waals surface area (Å²) in [6.07, 6.45) is 3.62. The van der Waals surface area contributed by atoms with Crippen molar-refractivity contribution in [1.82, 2.24) is 0 Å². The molecule has 0 aliphatic carbocycles. The van der Waals surface area contributed by atoms with Gasteiger partial charge in [0.25, 0.3) is 0 Å². The zero-order valence-corrected chi connectivity index (χ0v) is 11.6. The van der Waals surface area contributed by atoms with Crippen LogP contribution in [0.25, 0.3) is 0 Å². The molecule has 0 radical (unpaired) electrons. The first kappa shape index (κ1) is 16.7. The Labute approximate surface area is 113 Å². The second-order valence-corrected chi connectivity index (χ2v) is 2.78. The van der Waals surface area contributed by atoms with Gasteiger partial charge < -0.3 is 21.7 Å². The third-order valence-electron chi connectivity index (χ3n) is 1.69. The molecule has 74 valence electrons. The van der Waals surface area contributed by atoms with E-state index in [1.54, 1.807) is 0 Å². The summed E-state index contributed by atoms with van der Waals surface area (Å²) in [6.45, 7) is 3.00. The number of rotatable bonds is 5. The van der Waals surface area contributed by atoms with Crippen LogP contribution in [0.1, 0.15) is 26.2 Å². The fraction of sp³-hybridized carbons (Fsp3) is 0.455. The molecule has 0 atom stereocenters. The van der Waals surface area contributed by atoms with Gasteiger partial charge in [0.15, 0.2) is 0 Å². The topological polar surface area (TPSA) is 9.23 Å². The van der Waals surface area contributed by atoms with Crippen LogP contribution in [0.2, 0.25) is 0 Å². The number of hydrogen-bond acceptors (Lipinski definition) is 1. The Balaban J connectivity index is 0. The molecule has 0 aliphatic heterocycles. The van der Waals surface area contributed by atoms with Gasteiger partial charge in [-0.05, 0) is 6.42 Å². The molecule has 0 fully saturated rings. The standard InChI is InChI=1S/C11H15O.BrH.Mg/c1-2-3-7-10-12-11-8-5-4-6-9-11;;/h4-6,8H,2-3,7,10H2,1H3;1H;/q-1;;+2/p-1. The smallest absolute Gasteiger partial charge is 1.00 e. The molecular formula is C11H15BrMgO. The summed E-state index contributed by atoms with van der Waals surface area (Å²) in [5, 5.41) is 0. The zero-order chi connectivity index (χ0) is 8.65. The molecule has 0 aromatic heterocycles. The van der Waals surface area contributed by atoms with Crippen molar-refractivity contribution in [3.63, 3.8) is 0 Å². The maximum absolute atomic E-state index is 5.45. The molecule has 0 saturated carbocycles. The molecule has 0 bridgehead atoms. The average Bonchev–Trinajstić information content (AvgIpc) is 2.14. The minimum atomic E-state index is 0. The number of hydrogen-bond donors (Lipinski definition) is 0. The van der Waals surface area contributed by atoms with Gasteiger partial charge in [0.1, 0.15) is 0 Å². The van der Waals surface area contributed by atoms with E-state index in [1.165, 1.54) is 12.8 Å². The fourth-order valence-electron chi connectivity index (χ4n) is 1.00. The summed E-state index contributed by atoms with van der Waals surface area (Å²) in [7, 11) is 0. The number of ether oxygens (including phenoxy) is 1. The van der Waals surface area contributed by atoms with Crippen LogP contribution < -0.4 is 21.7 Å². The van der Waals surface area contributed by atoms with E-state index < -0.39 is 0 Å². The van der Waals surface area contributed by atoms with Gasteiger partial charge in [-0.2, -0.15) is 18.2 Å². The molecule has 14 heavy (non-hydrogen) atoms. The molecule has 1 nitrogen and oxygen atoms in total. The van der Waals surface area contributed by atoms with Crippen molar-refractivity contribution in [3.05, 3.63) is 30.3 Å². The number of halogens is 1. The normalized spacial score (nSPS) is 8.36. The zero-order valence-electron chi connectivity index (χ0n) is 8.63. The number of unbranched alkanes of at least 4 members (excludes halogenated alkanes) is 2. The number of para-hydroxylation sites is 1. The Morgan fingerprint density at radius 1 is 1.29 bits per heavy atom. The maximum atomic E-state index is 5.45. The van der Waals surface area contributed by atoms with Gasteiger partial charge in [0.05, 0.1) is 6.61 Å². The third kappa shape index (κ3) is 7.65. The average molecular weight is 267 g/mol. The van der Waals surface area contributed by atoms with Gasteiger partial charge in [-0.15, -0.1) is 12.1 Å². The van der Waals surface area contributed by atoms with Crippen LogP contribution in [0.15, 0.2) is 24.3 Å². The van der Waals surface area contributed by atoms with Gasteiger partial charge in [-0.3, -0.25) is 0 Å². The van der Waals surface area contributed by atoms with Crippen molar-refractivity contribution in [2.45, 2.75) is 26.2 Å². The molecule has 1 aromatic carbocycles. The minimum absolute atomic E-state index is 0. The summed E-state index contributed by atoms with van der Waals surface area (Å²) in [5.41, 5.74) is 0. The summed E-state index contributed by atoms with van der Waals surface area (Å²) in [5.74, 6) is 0.855. The van der Waals surface area contributed by atoms with E-state index in [9.17, 15) is 0 Å². The number of benzene rings is 1. The molecule has 1 rings (SSSR count). The van der Waals surface area contributed by atoms with Crippen molar-refractivity contribution < 1.29 is 21.7 Å². The first-order valence-electron chi connectivity index (χ1n) is 4.53. The van der Waals surface area contributed by atoms with Gasteiger partial charge in [-0.1, -0.05) is 19.8 Å². The molecule has 0 N–H and O–H groups in total.